The summed E-state index contributed by atoms with van der Waals surface area (Å²) in [7, 11) is 2.68. The molecular formula is C19H20O8. The highest BCUT2D eigenvalue weighted by Gasteiger charge is 2.37. The van der Waals surface area contributed by atoms with Crippen LogP contribution in [-0.4, -0.2) is 47.0 Å². The third-order valence-electron chi connectivity index (χ3n) is 4.73. The van der Waals surface area contributed by atoms with Gasteiger partial charge in [-0.2, -0.15) is 0 Å². The van der Waals surface area contributed by atoms with Crippen molar-refractivity contribution >= 4 is 5.78 Å². The predicted octanol–water partition coefficient (Wildman–Crippen LogP) is 2.27. The summed E-state index contributed by atoms with van der Waals surface area (Å²) in [5, 5.41) is 40.5. The summed E-state index contributed by atoms with van der Waals surface area (Å²) in [6, 6.07) is 3.02. The molecular weight excluding hydrogens is 356 g/mol. The van der Waals surface area contributed by atoms with E-state index in [0.29, 0.717) is 5.56 Å². The Morgan fingerprint density at radius 2 is 1.74 bits per heavy atom. The second-order valence-electron chi connectivity index (χ2n) is 6.26. The summed E-state index contributed by atoms with van der Waals surface area (Å²) in [6.07, 6.45) is 0.0728. The fourth-order valence-electron chi connectivity index (χ4n) is 3.17. The molecule has 1 aliphatic rings. The lowest BCUT2D eigenvalue weighted by molar-refractivity contribution is 0.0819. The van der Waals surface area contributed by atoms with Gasteiger partial charge in [0.15, 0.2) is 28.8 Å². The molecule has 0 aromatic heterocycles. The SMILES string of the molecule is COc1ccc(C[C@@H]2COc3c(OC)c(O)c(C)c(O)c3C2=O)c(O)c1O. The maximum Gasteiger partial charge on any atom is 0.204 e. The summed E-state index contributed by atoms with van der Waals surface area (Å²) >= 11 is 0. The van der Waals surface area contributed by atoms with Crippen LogP contribution in [0.4, 0.5) is 0 Å². The first-order valence-corrected chi connectivity index (χ1v) is 8.19. The molecule has 0 radical (unpaired) electrons. The lowest BCUT2D eigenvalue weighted by atomic mass is 9.87. The number of ketones is 1. The quantitative estimate of drug-likeness (QED) is 0.599. The van der Waals surface area contributed by atoms with Crippen LogP contribution < -0.4 is 14.2 Å². The Kier molecular flexibility index (Phi) is 4.65. The molecule has 2 aromatic carbocycles. The van der Waals surface area contributed by atoms with Gasteiger partial charge in [0.05, 0.1) is 26.7 Å². The van der Waals surface area contributed by atoms with E-state index in [9.17, 15) is 25.2 Å². The third-order valence-corrected chi connectivity index (χ3v) is 4.73. The Balaban J connectivity index is 1.99. The number of aromatic hydroxyl groups is 4. The van der Waals surface area contributed by atoms with E-state index in [1.165, 1.54) is 27.2 Å². The van der Waals surface area contributed by atoms with Crippen molar-refractivity contribution in [3.8, 4) is 40.2 Å². The number of phenols is 4. The summed E-state index contributed by atoms with van der Waals surface area (Å²) in [4.78, 5) is 12.9. The minimum atomic E-state index is -0.712. The molecule has 8 heteroatoms. The third kappa shape index (κ3) is 2.83. The molecule has 0 saturated carbocycles. The molecule has 0 spiro atoms. The van der Waals surface area contributed by atoms with Gasteiger partial charge in [0, 0.05) is 5.56 Å². The molecule has 27 heavy (non-hydrogen) atoms. The molecule has 0 saturated heterocycles. The number of methoxy groups -OCH3 is 2. The van der Waals surface area contributed by atoms with Crippen LogP contribution in [0.25, 0.3) is 0 Å². The second kappa shape index (κ2) is 6.79. The Morgan fingerprint density at radius 1 is 1.04 bits per heavy atom. The van der Waals surface area contributed by atoms with Crippen LogP contribution in [0.3, 0.4) is 0 Å². The van der Waals surface area contributed by atoms with E-state index in [0.717, 1.165) is 0 Å². The van der Waals surface area contributed by atoms with Crippen LogP contribution >= 0.6 is 0 Å². The first-order chi connectivity index (χ1) is 12.8. The predicted molar refractivity (Wildman–Crippen MR) is 94.4 cm³/mol. The maximum atomic E-state index is 12.9. The molecule has 1 aliphatic heterocycles. The minimum Gasteiger partial charge on any atom is -0.507 e. The van der Waals surface area contributed by atoms with Gasteiger partial charge in [-0.25, -0.2) is 0 Å². The molecule has 8 nitrogen and oxygen atoms in total. The highest BCUT2D eigenvalue weighted by Crippen LogP contribution is 2.50. The van der Waals surface area contributed by atoms with E-state index in [1.807, 2.05) is 0 Å². The first kappa shape index (κ1) is 18.5. The van der Waals surface area contributed by atoms with Gasteiger partial charge in [-0.1, -0.05) is 6.07 Å². The lowest BCUT2D eigenvalue weighted by Crippen LogP contribution is -2.30. The van der Waals surface area contributed by atoms with Crippen molar-refractivity contribution in [1.82, 2.24) is 0 Å². The number of carbonyl (C=O) groups is 1. The zero-order valence-electron chi connectivity index (χ0n) is 15.1. The Labute approximate surface area is 155 Å². The normalized spacial score (nSPS) is 15.8. The average Bonchev–Trinajstić information content (AvgIpc) is 2.66. The van der Waals surface area contributed by atoms with Crippen molar-refractivity contribution in [2.45, 2.75) is 13.3 Å². The highest BCUT2D eigenvalue weighted by atomic mass is 16.5. The zero-order valence-corrected chi connectivity index (χ0v) is 15.1. The number of carbonyl (C=O) groups excluding carboxylic acids is 1. The highest BCUT2D eigenvalue weighted by molar-refractivity contribution is 6.05. The number of benzene rings is 2. The zero-order chi connectivity index (χ0) is 19.9. The molecule has 1 atom stereocenters. The van der Waals surface area contributed by atoms with E-state index in [2.05, 4.69) is 0 Å². The van der Waals surface area contributed by atoms with E-state index in [4.69, 9.17) is 14.2 Å². The van der Waals surface area contributed by atoms with Crippen molar-refractivity contribution < 1.29 is 39.4 Å². The van der Waals surface area contributed by atoms with Crippen molar-refractivity contribution in [2.24, 2.45) is 5.92 Å². The van der Waals surface area contributed by atoms with Crippen molar-refractivity contribution in [3.63, 3.8) is 0 Å². The van der Waals surface area contributed by atoms with Gasteiger partial charge in [0.25, 0.3) is 0 Å². The molecule has 0 aliphatic carbocycles. The number of phenolic OH excluding ortho intramolecular Hbond substituents is 4. The van der Waals surface area contributed by atoms with Crippen LogP contribution in [0.1, 0.15) is 21.5 Å². The van der Waals surface area contributed by atoms with E-state index in [-0.39, 0.29) is 58.7 Å². The van der Waals surface area contributed by atoms with Crippen LogP contribution in [0.15, 0.2) is 12.1 Å². The van der Waals surface area contributed by atoms with Crippen LogP contribution in [-0.2, 0) is 6.42 Å². The minimum absolute atomic E-state index is 0.0128. The van der Waals surface area contributed by atoms with Crippen molar-refractivity contribution in [1.29, 1.82) is 0 Å². The van der Waals surface area contributed by atoms with Gasteiger partial charge in [-0.3, -0.25) is 4.79 Å². The first-order valence-electron chi connectivity index (χ1n) is 8.19. The van der Waals surface area contributed by atoms with Crippen molar-refractivity contribution in [2.75, 3.05) is 20.8 Å². The summed E-state index contributed by atoms with van der Waals surface area (Å²) in [5.41, 5.74) is 0.365. The van der Waals surface area contributed by atoms with E-state index in [1.54, 1.807) is 6.07 Å². The Morgan fingerprint density at radius 3 is 2.37 bits per heavy atom. The molecule has 0 unspecified atom stereocenters. The molecule has 2 aromatic rings. The molecule has 1 heterocycles. The van der Waals surface area contributed by atoms with Gasteiger partial charge >= 0.3 is 0 Å². The van der Waals surface area contributed by atoms with Crippen molar-refractivity contribution in [3.05, 3.63) is 28.8 Å². The Hall–Kier alpha value is -3.29. The smallest absolute Gasteiger partial charge is 0.204 e. The topological polar surface area (TPSA) is 126 Å². The molecule has 144 valence electrons. The van der Waals surface area contributed by atoms with Gasteiger partial charge in [0.2, 0.25) is 11.5 Å². The summed E-state index contributed by atoms with van der Waals surface area (Å²) in [5.74, 6) is -2.50. The standard InChI is InChI=1S/C19H20O8/c1-8-13(20)12-15(22)10(7-27-18(12)19(26-3)14(8)21)6-9-4-5-11(25-2)17(24)16(9)23/h4-5,10,20-21,23-24H,6-7H2,1-3H3/t10-/m1/s1. The second-order valence-corrected chi connectivity index (χ2v) is 6.26. The van der Waals surface area contributed by atoms with Gasteiger partial charge in [-0.15, -0.1) is 0 Å². The Bertz CT molecular complexity index is 919. The number of hydrogen-bond donors (Lipinski definition) is 4. The maximum absolute atomic E-state index is 12.9. The number of ether oxygens (including phenoxy) is 3. The van der Waals surface area contributed by atoms with Gasteiger partial charge in [0.1, 0.15) is 11.3 Å². The van der Waals surface area contributed by atoms with E-state index >= 15 is 0 Å². The lowest BCUT2D eigenvalue weighted by Gasteiger charge is -2.27. The monoisotopic (exact) mass is 376 g/mol. The number of rotatable bonds is 4. The summed E-state index contributed by atoms with van der Waals surface area (Å²) in [6.45, 7) is 1.41. The number of fused-ring (bicyclic) bond motifs is 1. The molecule has 4 N–H and O–H groups in total. The van der Waals surface area contributed by atoms with Crippen LogP contribution in [0, 0.1) is 12.8 Å². The molecule has 3 rings (SSSR count). The van der Waals surface area contributed by atoms with Gasteiger partial charge in [-0.05, 0) is 25.0 Å². The van der Waals surface area contributed by atoms with Crippen LogP contribution in [0.2, 0.25) is 0 Å². The number of Topliss-reactive ketones (excluding diaryl/α,β-unsaturated/α-hetero) is 1. The van der Waals surface area contributed by atoms with E-state index < -0.39 is 17.5 Å². The fourth-order valence-corrected chi connectivity index (χ4v) is 3.17. The fraction of sp³-hybridized carbons (Fsp3) is 0.316. The molecule has 0 fully saturated rings. The van der Waals surface area contributed by atoms with Gasteiger partial charge < -0.3 is 34.6 Å². The summed E-state index contributed by atoms with van der Waals surface area (Å²) < 4.78 is 15.6. The molecule has 0 bridgehead atoms. The molecule has 0 amide bonds. The number of hydrogen-bond acceptors (Lipinski definition) is 8. The largest absolute Gasteiger partial charge is 0.507 e. The van der Waals surface area contributed by atoms with Crippen LogP contribution in [0.5, 0.6) is 40.2 Å². The average molecular weight is 376 g/mol.